The molecule has 0 bridgehead atoms. The molecule has 0 aromatic carbocycles. The van der Waals surface area contributed by atoms with Crippen LogP contribution in [0.15, 0.2) is 12.4 Å². The van der Waals surface area contributed by atoms with Crippen LogP contribution in [0.5, 0.6) is 0 Å². The predicted octanol–water partition coefficient (Wildman–Crippen LogP) is 1.17. The lowest BCUT2D eigenvalue weighted by molar-refractivity contribution is 0.436. The molecule has 2 rings (SSSR count). The van der Waals surface area contributed by atoms with Gasteiger partial charge in [0.1, 0.15) is 5.82 Å². The minimum atomic E-state index is 0.463. The highest BCUT2D eigenvalue weighted by Crippen LogP contribution is 2.20. The summed E-state index contributed by atoms with van der Waals surface area (Å²) in [4.78, 5) is 10.9. The molecule has 0 unspecified atom stereocenters. The average Bonchev–Trinajstić information content (AvgIpc) is 2.30. The van der Waals surface area contributed by atoms with E-state index in [2.05, 4.69) is 21.8 Å². The maximum Gasteiger partial charge on any atom is 0.147 e. The molecule has 2 heterocycles. The van der Waals surface area contributed by atoms with Gasteiger partial charge in [0.15, 0.2) is 0 Å². The first-order valence-electron chi connectivity index (χ1n) is 5.55. The summed E-state index contributed by atoms with van der Waals surface area (Å²) < 4.78 is 0. The predicted molar refractivity (Wildman–Crippen MR) is 60.5 cm³/mol. The molecule has 0 aliphatic carbocycles. The normalized spacial score (nSPS) is 18.1. The molecule has 0 radical (unpaired) electrons. The zero-order valence-electron chi connectivity index (χ0n) is 9.19. The summed E-state index contributed by atoms with van der Waals surface area (Å²) in [5, 5.41) is 0. The largest absolute Gasteiger partial charge is 0.355 e. The van der Waals surface area contributed by atoms with E-state index in [1.54, 1.807) is 6.20 Å². The van der Waals surface area contributed by atoms with E-state index in [1.807, 2.05) is 6.20 Å². The van der Waals surface area contributed by atoms with Crippen LogP contribution in [-0.4, -0.2) is 23.1 Å². The molecule has 1 saturated heterocycles. The minimum absolute atomic E-state index is 0.463. The van der Waals surface area contributed by atoms with Gasteiger partial charge in [-0.15, -0.1) is 0 Å². The molecule has 1 aliphatic heterocycles. The zero-order chi connectivity index (χ0) is 10.7. The number of aromatic nitrogens is 2. The molecule has 82 valence electrons. The van der Waals surface area contributed by atoms with Gasteiger partial charge in [-0.2, -0.15) is 0 Å². The van der Waals surface area contributed by atoms with Gasteiger partial charge in [0.2, 0.25) is 0 Å². The van der Waals surface area contributed by atoms with Crippen LogP contribution in [0.4, 0.5) is 5.82 Å². The van der Waals surface area contributed by atoms with Crippen LogP contribution in [0.2, 0.25) is 0 Å². The molecule has 1 aliphatic rings. The van der Waals surface area contributed by atoms with Crippen LogP contribution in [-0.2, 0) is 6.54 Å². The van der Waals surface area contributed by atoms with Crippen molar-refractivity contribution in [2.45, 2.75) is 26.3 Å². The van der Waals surface area contributed by atoms with E-state index in [0.29, 0.717) is 6.54 Å². The fraction of sp³-hybridized carbons (Fsp3) is 0.636. The van der Waals surface area contributed by atoms with Crippen LogP contribution < -0.4 is 10.6 Å². The summed E-state index contributed by atoms with van der Waals surface area (Å²) >= 11 is 0. The number of piperidine rings is 1. The van der Waals surface area contributed by atoms with E-state index in [1.165, 1.54) is 12.8 Å². The van der Waals surface area contributed by atoms with Crippen molar-refractivity contribution in [3.05, 3.63) is 18.1 Å². The number of hydrogen-bond acceptors (Lipinski definition) is 4. The molecular formula is C11H18N4. The van der Waals surface area contributed by atoms with Crippen molar-refractivity contribution in [3.8, 4) is 0 Å². The smallest absolute Gasteiger partial charge is 0.147 e. The molecule has 0 amide bonds. The molecule has 1 aromatic rings. The maximum atomic E-state index is 5.48. The van der Waals surface area contributed by atoms with Gasteiger partial charge >= 0.3 is 0 Å². The lowest BCUT2D eigenvalue weighted by atomic mass is 9.99. The second-order valence-electron chi connectivity index (χ2n) is 4.24. The van der Waals surface area contributed by atoms with Gasteiger partial charge in [-0.3, -0.25) is 4.98 Å². The van der Waals surface area contributed by atoms with Crippen molar-refractivity contribution in [1.29, 1.82) is 0 Å². The van der Waals surface area contributed by atoms with E-state index in [9.17, 15) is 0 Å². The van der Waals surface area contributed by atoms with Gasteiger partial charge in [-0.1, -0.05) is 6.92 Å². The Labute approximate surface area is 90.5 Å². The highest BCUT2D eigenvalue weighted by molar-refractivity contribution is 5.36. The monoisotopic (exact) mass is 206 g/mol. The lowest BCUT2D eigenvalue weighted by Gasteiger charge is -2.30. The summed E-state index contributed by atoms with van der Waals surface area (Å²) in [5.74, 6) is 1.83. The third-order valence-electron chi connectivity index (χ3n) is 3.01. The fourth-order valence-corrected chi connectivity index (χ4v) is 1.85. The van der Waals surface area contributed by atoms with Gasteiger partial charge < -0.3 is 10.6 Å². The quantitative estimate of drug-likeness (QED) is 0.789. The Bertz CT molecular complexity index is 301. The first-order chi connectivity index (χ1) is 7.29. The highest BCUT2D eigenvalue weighted by Gasteiger charge is 2.16. The molecule has 0 spiro atoms. The van der Waals surface area contributed by atoms with Gasteiger partial charge in [0, 0.05) is 19.6 Å². The molecular weight excluding hydrogens is 188 g/mol. The van der Waals surface area contributed by atoms with E-state index in [-0.39, 0.29) is 0 Å². The molecule has 1 aromatic heterocycles. The average molecular weight is 206 g/mol. The zero-order valence-corrected chi connectivity index (χ0v) is 9.19. The summed E-state index contributed by atoms with van der Waals surface area (Å²) in [5.41, 5.74) is 6.33. The van der Waals surface area contributed by atoms with Crippen molar-refractivity contribution in [2.24, 2.45) is 11.7 Å². The maximum absolute atomic E-state index is 5.48. The Morgan fingerprint density at radius 1 is 1.33 bits per heavy atom. The van der Waals surface area contributed by atoms with Crippen molar-refractivity contribution < 1.29 is 0 Å². The van der Waals surface area contributed by atoms with Crippen molar-refractivity contribution >= 4 is 5.82 Å². The second kappa shape index (κ2) is 4.57. The van der Waals surface area contributed by atoms with E-state index >= 15 is 0 Å². The summed E-state index contributed by atoms with van der Waals surface area (Å²) in [6.07, 6.45) is 6.10. The van der Waals surface area contributed by atoms with Gasteiger partial charge in [0.05, 0.1) is 18.1 Å². The Balaban J connectivity index is 2.03. The summed E-state index contributed by atoms with van der Waals surface area (Å²) in [6, 6.07) is 0. The van der Waals surface area contributed by atoms with Crippen molar-refractivity contribution in [1.82, 2.24) is 9.97 Å². The standard InChI is InChI=1S/C11H18N4/c1-9-2-4-15(5-3-9)11-8-13-10(6-12)7-14-11/h7-9H,2-6,12H2,1H3. The molecule has 15 heavy (non-hydrogen) atoms. The first kappa shape index (κ1) is 10.4. The molecule has 0 atom stereocenters. The molecule has 1 fully saturated rings. The fourth-order valence-electron chi connectivity index (χ4n) is 1.85. The molecule has 0 saturated carbocycles. The van der Waals surface area contributed by atoms with Crippen LogP contribution in [0, 0.1) is 5.92 Å². The van der Waals surface area contributed by atoms with Crippen LogP contribution >= 0.6 is 0 Å². The summed E-state index contributed by atoms with van der Waals surface area (Å²) in [6.45, 7) is 4.96. The Morgan fingerprint density at radius 2 is 2.07 bits per heavy atom. The Kier molecular flexibility index (Phi) is 3.16. The Hall–Kier alpha value is -1.16. The lowest BCUT2D eigenvalue weighted by Crippen LogP contribution is -2.33. The van der Waals surface area contributed by atoms with E-state index in [0.717, 1.165) is 30.5 Å². The van der Waals surface area contributed by atoms with Gasteiger partial charge in [-0.25, -0.2) is 4.98 Å². The van der Waals surface area contributed by atoms with Crippen molar-refractivity contribution in [2.75, 3.05) is 18.0 Å². The van der Waals surface area contributed by atoms with Gasteiger partial charge in [-0.05, 0) is 18.8 Å². The first-order valence-corrected chi connectivity index (χ1v) is 5.55. The third kappa shape index (κ3) is 2.45. The van der Waals surface area contributed by atoms with Crippen LogP contribution in [0.25, 0.3) is 0 Å². The molecule has 4 nitrogen and oxygen atoms in total. The summed E-state index contributed by atoms with van der Waals surface area (Å²) in [7, 11) is 0. The van der Waals surface area contributed by atoms with Crippen molar-refractivity contribution in [3.63, 3.8) is 0 Å². The minimum Gasteiger partial charge on any atom is -0.355 e. The van der Waals surface area contributed by atoms with Crippen LogP contribution in [0.3, 0.4) is 0 Å². The number of nitrogens with two attached hydrogens (primary N) is 1. The second-order valence-corrected chi connectivity index (χ2v) is 4.24. The third-order valence-corrected chi connectivity index (χ3v) is 3.01. The molecule has 4 heteroatoms. The molecule has 2 N–H and O–H groups in total. The topological polar surface area (TPSA) is 55.0 Å². The Morgan fingerprint density at radius 3 is 2.60 bits per heavy atom. The van der Waals surface area contributed by atoms with E-state index < -0.39 is 0 Å². The number of nitrogens with zero attached hydrogens (tertiary/aromatic N) is 3. The van der Waals surface area contributed by atoms with E-state index in [4.69, 9.17) is 5.73 Å². The number of anilines is 1. The number of hydrogen-bond donors (Lipinski definition) is 1. The highest BCUT2D eigenvalue weighted by atomic mass is 15.2. The number of rotatable bonds is 2. The van der Waals surface area contributed by atoms with Gasteiger partial charge in [0.25, 0.3) is 0 Å². The SMILES string of the molecule is CC1CCN(c2cnc(CN)cn2)CC1. The van der Waals surface area contributed by atoms with Crippen LogP contribution in [0.1, 0.15) is 25.5 Å².